The predicted molar refractivity (Wildman–Crippen MR) is 88.4 cm³/mol. The van der Waals surface area contributed by atoms with E-state index in [1.807, 2.05) is 32.0 Å². The maximum atomic E-state index is 9.62. The van der Waals surface area contributed by atoms with Crippen LogP contribution in [0.5, 0.6) is 0 Å². The number of anilines is 1. The van der Waals surface area contributed by atoms with Gasteiger partial charge in [0.15, 0.2) is 0 Å². The number of aliphatic hydroxyl groups excluding tert-OH is 4. The second-order valence-corrected chi connectivity index (χ2v) is 5.47. The van der Waals surface area contributed by atoms with Crippen LogP contribution in [-0.4, -0.2) is 56.5 Å². The summed E-state index contributed by atoms with van der Waals surface area (Å²) in [4.78, 5) is 4.41. The number of aryl methyl sites for hydroxylation is 2. The number of pyridine rings is 1. The number of hydrogen-bond acceptors (Lipinski definition) is 7. The van der Waals surface area contributed by atoms with Crippen LogP contribution in [-0.2, 0) is 0 Å². The number of nitrogens with zero attached hydrogens (tertiary/aromatic N) is 2. The summed E-state index contributed by atoms with van der Waals surface area (Å²) in [6.45, 7) is 3.34. The number of fused-ring (bicyclic) bond motifs is 1. The van der Waals surface area contributed by atoms with Gasteiger partial charge in [-0.05, 0) is 37.6 Å². The molecule has 23 heavy (non-hydrogen) atoms. The number of hydrogen-bond donors (Lipinski definition) is 5. The molecule has 0 radical (unpaired) electrons. The van der Waals surface area contributed by atoms with Crippen molar-refractivity contribution in [3.63, 3.8) is 0 Å². The zero-order chi connectivity index (χ0) is 17.0. The maximum Gasteiger partial charge on any atom is 0.147 e. The minimum absolute atomic E-state index is 0.500. The molecule has 0 aliphatic carbocycles. The molecule has 0 saturated heterocycles. The topological polar surface area (TPSA) is 118 Å². The number of benzene rings is 1. The Bertz CT molecular complexity index is 705. The highest BCUT2D eigenvalue weighted by atomic mass is 16.4. The van der Waals surface area contributed by atoms with Gasteiger partial charge >= 0.3 is 0 Å². The van der Waals surface area contributed by atoms with Crippen LogP contribution in [0.1, 0.15) is 11.1 Å². The first kappa shape index (κ1) is 17.3. The van der Waals surface area contributed by atoms with Crippen molar-refractivity contribution >= 4 is 22.9 Å². The molecule has 1 heterocycles. The highest BCUT2D eigenvalue weighted by Gasteiger charge is 2.22. The fourth-order valence-electron chi connectivity index (χ4n) is 2.17. The molecule has 7 nitrogen and oxygen atoms in total. The molecule has 0 unspecified atom stereocenters. The summed E-state index contributed by atoms with van der Waals surface area (Å²) in [6.07, 6.45) is -3.31. The second kappa shape index (κ2) is 7.47. The van der Waals surface area contributed by atoms with E-state index in [-0.39, 0.29) is 0 Å². The lowest BCUT2D eigenvalue weighted by Crippen LogP contribution is -2.40. The fourth-order valence-corrected chi connectivity index (χ4v) is 2.17. The zero-order valence-corrected chi connectivity index (χ0v) is 13.0. The van der Waals surface area contributed by atoms with Gasteiger partial charge in [-0.3, -0.25) is 5.43 Å². The molecule has 2 rings (SSSR count). The smallest absolute Gasteiger partial charge is 0.147 e. The highest BCUT2D eigenvalue weighted by Crippen LogP contribution is 2.21. The molecule has 3 atom stereocenters. The van der Waals surface area contributed by atoms with E-state index < -0.39 is 24.9 Å². The molecule has 7 heteroatoms. The van der Waals surface area contributed by atoms with Crippen molar-refractivity contribution in [3.8, 4) is 0 Å². The Morgan fingerprint density at radius 1 is 1.22 bits per heavy atom. The third-order valence-corrected chi connectivity index (χ3v) is 3.51. The lowest BCUT2D eigenvalue weighted by molar-refractivity contribution is -0.0541. The van der Waals surface area contributed by atoms with Gasteiger partial charge in [-0.1, -0.05) is 11.6 Å². The first-order valence-corrected chi connectivity index (χ1v) is 7.24. The van der Waals surface area contributed by atoms with Crippen molar-refractivity contribution in [1.29, 1.82) is 0 Å². The van der Waals surface area contributed by atoms with Crippen molar-refractivity contribution in [1.82, 2.24) is 4.98 Å². The standard InChI is InChI=1S/C16H21N3O4/c1-9-3-4-12-11(5-9)10(2)6-15(18-12)19-17-7-13(21)16(23)14(22)8-20/h3-7,13-14,16,20-23H,8H2,1-2H3,(H,18,19)/b17-7+/t13-,14-,16+/m0/s1. The van der Waals surface area contributed by atoms with Crippen LogP contribution in [0.15, 0.2) is 29.4 Å². The van der Waals surface area contributed by atoms with Gasteiger partial charge in [-0.2, -0.15) is 5.10 Å². The Kier molecular flexibility index (Phi) is 5.62. The first-order chi connectivity index (χ1) is 10.9. The van der Waals surface area contributed by atoms with E-state index in [1.54, 1.807) is 0 Å². The van der Waals surface area contributed by atoms with E-state index >= 15 is 0 Å². The molecular weight excluding hydrogens is 298 g/mol. The van der Waals surface area contributed by atoms with Crippen molar-refractivity contribution in [3.05, 3.63) is 35.4 Å². The molecule has 2 aromatic rings. The third kappa shape index (κ3) is 4.23. The minimum Gasteiger partial charge on any atom is -0.394 e. The number of rotatable bonds is 6. The monoisotopic (exact) mass is 319 g/mol. The van der Waals surface area contributed by atoms with Crippen molar-refractivity contribution < 1.29 is 20.4 Å². The molecule has 124 valence electrons. The normalized spacial score (nSPS) is 15.7. The number of aliphatic hydroxyl groups is 4. The Labute approximate surface area is 133 Å². The van der Waals surface area contributed by atoms with Gasteiger partial charge in [-0.15, -0.1) is 0 Å². The second-order valence-electron chi connectivity index (χ2n) is 5.47. The van der Waals surface area contributed by atoms with E-state index in [0.29, 0.717) is 5.82 Å². The quantitative estimate of drug-likeness (QED) is 0.387. The molecule has 0 saturated carbocycles. The van der Waals surface area contributed by atoms with Crippen LogP contribution in [0.2, 0.25) is 0 Å². The number of nitrogens with one attached hydrogen (secondary N) is 1. The number of hydrazone groups is 1. The first-order valence-electron chi connectivity index (χ1n) is 7.24. The summed E-state index contributed by atoms with van der Waals surface area (Å²) in [5, 5.41) is 41.9. The highest BCUT2D eigenvalue weighted by molar-refractivity contribution is 5.84. The van der Waals surface area contributed by atoms with Crippen molar-refractivity contribution in [2.75, 3.05) is 12.0 Å². The third-order valence-electron chi connectivity index (χ3n) is 3.51. The summed E-state index contributed by atoms with van der Waals surface area (Å²) >= 11 is 0. The zero-order valence-electron chi connectivity index (χ0n) is 13.0. The van der Waals surface area contributed by atoms with Gasteiger partial charge < -0.3 is 20.4 Å². The molecule has 0 aliphatic heterocycles. The SMILES string of the molecule is Cc1ccc2nc(N/N=C/[C@H](O)[C@@H](O)[C@@H](O)CO)cc(C)c2c1. The van der Waals surface area contributed by atoms with Crippen LogP contribution < -0.4 is 5.43 Å². The Morgan fingerprint density at radius 2 is 1.96 bits per heavy atom. The lowest BCUT2D eigenvalue weighted by atomic mass is 10.1. The molecule has 5 N–H and O–H groups in total. The molecule has 1 aromatic heterocycles. The van der Waals surface area contributed by atoms with Crippen LogP contribution >= 0.6 is 0 Å². The van der Waals surface area contributed by atoms with E-state index in [1.165, 1.54) is 0 Å². The number of aromatic nitrogens is 1. The van der Waals surface area contributed by atoms with E-state index in [4.69, 9.17) is 5.11 Å². The summed E-state index contributed by atoms with van der Waals surface area (Å²) in [6, 6.07) is 7.77. The van der Waals surface area contributed by atoms with Gasteiger partial charge in [-0.25, -0.2) is 4.98 Å². The van der Waals surface area contributed by atoms with Gasteiger partial charge in [0.1, 0.15) is 24.1 Å². The van der Waals surface area contributed by atoms with Gasteiger partial charge in [0.2, 0.25) is 0 Å². The molecule has 1 aromatic carbocycles. The summed E-state index contributed by atoms with van der Waals surface area (Å²) in [5.74, 6) is 0.500. The van der Waals surface area contributed by atoms with E-state index in [0.717, 1.165) is 28.2 Å². The maximum absolute atomic E-state index is 9.62. The predicted octanol–water partition coefficient (Wildman–Crippen LogP) is 0.324. The van der Waals surface area contributed by atoms with Crippen molar-refractivity contribution in [2.24, 2.45) is 5.10 Å². The largest absolute Gasteiger partial charge is 0.394 e. The molecular formula is C16H21N3O4. The molecule has 0 amide bonds. The van der Waals surface area contributed by atoms with Gasteiger partial charge in [0.25, 0.3) is 0 Å². The van der Waals surface area contributed by atoms with Gasteiger partial charge in [0.05, 0.1) is 18.3 Å². The average molecular weight is 319 g/mol. The van der Waals surface area contributed by atoms with Crippen molar-refractivity contribution in [2.45, 2.75) is 32.2 Å². The average Bonchev–Trinajstić information content (AvgIpc) is 2.54. The summed E-state index contributed by atoms with van der Waals surface area (Å²) < 4.78 is 0. The fraction of sp³-hybridized carbons (Fsp3) is 0.375. The van der Waals surface area contributed by atoms with Gasteiger partial charge in [0, 0.05) is 5.39 Å². The molecule has 0 fully saturated rings. The summed E-state index contributed by atoms with van der Waals surface area (Å²) in [5.41, 5.74) is 5.69. The van der Waals surface area contributed by atoms with Crippen LogP contribution in [0, 0.1) is 13.8 Å². The van der Waals surface area contributed by atoms with E-state index in [9.17, 15) is 15.3 Å². The molecule has 0 bridgehead atoms. The Balaban J connectivity index is 2.10. The summed E-state index contributed by atoms with van der Waals surface area (Å²) in [7, 11) is 0. The minimum atomic E-state index is -1.51. The van der Waals surface area contributed by atoms with Crippen LogP contribution in [0.25, 0.3) is 10.9 Å². The lowest BCUT2D eigenvalue weighted by Gasteiger charge is -2.18. The molecule has 0 spiro atoms. The Hall–Kier alpha value is -2.06. The molecule has 0 aliphatic rings. The van der Waals surface area contributed by atoms with Crippen LogP contribution in [0.4, 0.5) is 5.82 Å². The van der Waals surface area contributed by atoms with E-state index in [2.05, 4.69) is 21.6 Å². The Morgan fingerprint density at radius 3 is 2.65 bits per heavy atom. The van der Waals surface area contributed by atoms with Crippen LogP contribution in [0.3, 0.4) is 0 Å².